The molecule has 2 heterocycles. The van der Waals surface area contributed by atoms with E-state index in [1.807, 2.05) is 54.0 Å². The normalized spacial score (nSPS) is 10.8. The minimum Gasteiger partial charge on any atom is -0.494 e. The molecule has 0 atom stereocenters. The number of thioether (sulfide) groups is 1. The zero-order valence-electron chi connectivity index (χ0n) is 17.9. The second kappa shape index (κ2) is 10.2. The standard InChI is InChI=1S/C24H23N3O4S/c1-3-30-19-11-9-18(10-12-19)27-22(15-17-7-5-4-6-8-17)25-26-24(27)32-16-20-13-14-21(31-20)23(28)29-2/h4-14H,3,15-16H2,1-2H3. The van der Waals surface area contributed by atoms with Crippen LogP contribution in [0.4, 0.5) is 0 Å². The van der Waals surface area contributed by atoms with Crippen LogP contribution >= 0.6 is 11.8 Å². The molecule has 0 fully saturated rings. The maximum Gasteiger partial charge on any atom is 0.373 e. The first-order chi connectivity index (χ1) is 15.7. The predicted molar refractivity (Wildman–Crippen MR) is 121 cm³/mol. The minimum atomic E-state index is -0.496. The van der Waals surface area contributed by atoms with Crippen LogP contribution in [0.3, 0.4) is 0 Å². The van der Waals surface area contributed by atoms with Crippen LogP contribution in [0.1, 0.15) is 34.6 Å². The Hall–Kier alpha value is -3.52. The van der Waals surface area contributed by atoms with Gasteiger partial charge in [-0.25, -0.2) is 4.79 Å². The number of hydrogen-bond donors (Lipinski definition) is 0. The summed E-state index contributed by atoms with van der Waals surface area (Å²) >= 11 is 1.49. The third-order valence-electron chi connectivity index (χ3n) is 4.70. The Kier molecular flexibility index (Phi) is 6.91. The summed E-state index contributed by atoms with van der Waals surface area (Å²) in [6, 6.07) is 21.4. The molecule has 4 aromatic rings. The Balaban J connectivity index is 1.61. The van der Waals surface area contributed by atoms with E-state index in [2.05, 4.69) is 22.3 Å². The van der Waals surface area contributed by atoms with Crippen molar-refractivity contribution in [3.8, 4) is 11.4 Å². The fraction of sp³-hybridized carbons (Fsp3) is 0.208. The van der Waals surface area contributed by atoms with Crippen LogP contribution in [0.5, 0.6) is 5.75 Å². The molecule has 2 aromatic heterocycles. The summed E-state index contributed by atoms with van der Waals surface area (Å²) in [4.78, 5) is 11.6. The number of carbonyl (C=O) groups excluding carboxylic acids is 1. The Labute approximate surface area is 190 Å². The van der Waals surface area contributed by atoms with E-state index in [4.69, 9.17) is 13.9 Å². The van der Waals surface area contributed by atoms with Crippen LogP contribution < -0.4 is 4.74 Å². The summed E-state index contributed by atoms with van der Waals surface area (Å²) in [5.41, 5.74) is 2.10. The topological polar surface area (TPSA) is 79.4 Å². The van der Waals surface area contributed by atoms with Crippen molar-refractivity contribution in [1.29, 1.82) is 0 Å². The minimum absolute atomic E-state index is 0.181. The zero-order chi connectivity index (χ0) is 22.3. The van der Waals surface area contributed by atoms with Gasteiger partial charge in [-0.3, -0.25) is 4.57 Å². The second-order valence-corrected chi connectivity index (χ2v) is 7.81. The molecule has 0 saturated heterocycles. The van der Waals surface area contributed by atoms with E-state index in [1.165, 1.54) is 18.9 Å². The van der Waals surface area contributed by atoms with Crippen LogP contribution in [0.15, 0.2) is 76.3 Å². The lowest BCUT2D eigenvalue weighted by atomic mass is 10.1. The molecule has 0 aliphatic carbocycles. The van der Waals surface area contributed by atoms with Gasteiger partial charge in [0.1, 0.15) is 17.3 Å². The molecule has 0 aliphatic rings. The zero-order valence-corrected chi connectivity index (χ0v) is 18.7. The van der Waals surface area contributed by atoms with Crippen molar-refractivity contribution in [2.45, 2.75) is 24.3 Å². The first-order valence-electron chi connectivity index (χ1n) is 10.2. The van der Waals surface area contributed by atoms with Crippen molar-refractivity contribution in [1.82, 2.24) is 14.8 Å². The summed E-state index contributed by atoms with van der Waals surface area (Å²) < 4.78 is 17.9. The molecule has 0 spiro atoms. The van der Waals surface area contributed by atoms with E-state index in [0.29, 0.717) is 24.5 Å². The van der Waals surface area contributed by atoms with Crippen LogP contribution in [0, 0.1) is 0 Å². The van der Waals surface area contributed by atoms with Crippen molar-refractivity contribution < 1.29 is 18.7 Å². The number of furan rings is 1. The van der Waals surface area contributed by atoms with Crippen molar-refractivity contribution in [3.63, 3.8) is 0 Å². The van der Waals surface area contributed by atoms with E-state index in [0.717, 1.165) is 28.0 Å². The van der Waals surface area contributed by atoms with Gasteiger partial charge >= 0.3 is 5.97 Å². The summed E-state index contributed by atoms with van der Waals surface area (Å²) in [7, 11) is 1.33. The third-order valence-corrected chi connectivity index (χ3v) is 5.65. The lowest BCUT2D eigenvalue weighted by Gasteiger charge is -2.11. The van der Waals surface area contributed by atoms with Gasteiger partial charge in [-0.15, -0.1) is 10.2 Å². The molecule has 0 saturated carbocycles. The van der Waals surface area contributed by atoms with Gasteiger partial charge in [-0.2, -0.15) is 0 Å². The Morgan fingerprint density at radius 3 is 2.53 bits per heavy atom. The molecule has 8 heteroatoms. The maximum absolute atomic E-state index is 11.6. The van der Waals surface area contributed by atoms with Crippen molar-refractivity contribution in [2.75, 3.05) is 13.7 Å². The lowest BCUT2D eigenvalue weighted by molar-refractivity contribution is 0.0563. The molecule has 0 N–H and O–H groups in total. The molecular weight excluding hydrogens is 426 g/mol. The number of nitrogens with zero attached hydrogens (tertiary/aromatic N) is 3. The molecule has 0 radical (unpaired) electrons. The molecule has 32 heavy (non-hydrogen) atoms. The highest BCUT2D eigenvalue weighted by atomic mass is 32.2. The number of esters is 1. The van der Waals surface area contributed by atoms with E-state index >= 15 is 0 Å². The highest BCUT2D eigenvalue weighted by molar-refractivity contribution is 7.98. The lowest BCUT2D eigenvalue weighted by Crippen LogP contribution is -2.04. The molecule has 4 rings (SSSR count). The monoisotopic (exact) mass is 449 g/mol. The quantitative estimate of drug-likeness (QED) is 0.265. The second-order valence-electron chi connectivity index (χ2n) is 6.87. The summed E-state index contributed by atoms with van der Waals surface area (Å²) in [6.07, 6.45) is 0.648. The van der Waals surface area contributed by atoms with E-state index in [1.54, 1.807) is 12.1 Å². The highest BCUT2D eigenvalue weighted by Crippen LogP contribution is 2.28. The number of carbonyl (C=O) groups is 1. The molecule has 0 amide bonds. The average Bonchev–Trinajstić information content (AvgIpc) is 3.46. The van der Waals surface area contributed by atoms with Crippen molar-refractivity contribution in [3.05, 3.63) is 89.6 Å². The smallest absolute Gasteiger partial charge is 0.373 e. The van der Waals surface area contributed by atoms with Gasteiger partial charge < -0.3 is 13.9 Å². The number of aromatic nitrogens is 3. The number of benzene rings is 2. The molecular formula is C24H23N3O4S. The Bertz CT molecular complexity index is 1170. The van der Waals surface area contributed by atoms with Gasteiger partial charge in [0.15, 0.2) is 5.16 Å². The average molecular weight is 450 g/mol. The Morgan fingerprint density at radius 2 is 1.81 bits per heavy atom. The van der Waals surface area contributed by atoms with Crippen molar-refractivity contribution >= 4 is 17.7 Å². The third kappa shape index (κ3) is 5.03. The van der Waals surface area contributed by atoms with Gasteiger partial charge in [-0.05, 0) is 48.9 Å². The molecule has 164 valence electrons. The van der Waals surface area contributed by atoms with Gasteiger partial charge in [0.25, 0.3) is 0 Å². The summed E-state index contributed by atoms with van der Waals surface area (Å²) in [6.45, 7) is 2.57. The Morgan fingerprint density at radius 1 is 1.03 bits per heavy atom. The maximum atomic E-state index is 11.6. The number of methoxy groups -OCH3 is 1. The SMILES string of the molecule is CCOc1ccc(-n2c(Cc3ccccc3)nnc2SCc2ccc(C(=O)OC)o2)cc1. The molecule has 0 aliphatic heterocycles. The molecule has 0 bridgehead atoms. The van der Waals surface area contributed by atoms with E-state index < -0.39 is 5.97 Å². The summed E-state index contributed by atoms with van der Waals surface area (Å²) in [5, 5.41) is 9.63. The molecule has 0 unspecified atom stereocenters. The predicted octanol–water partition coefficient (Wildman–Crippen LogP) is 4.93. The fourth-order valence-corrected chi connectivity index (χ4v) is 4.07. The van der Waals surface area contributed by atoms with Crippen LogP contribution in [-0.4, -0.2) is 34.5 Å². The fourth-order valence-electron chi connectivity index (χ4n) is 3.21. The number of hydrogen-bond acceptors (Lipinski definition) is 7. The first kappa shape index (κ1) is 21.7. The van der Waals surface area contributed by atoms with Crippen LogP contribution in [-0.2, 0) is 16.9 Å². The first-order valence-corrected chi connectivity index (χ1v) is 11.2. The molecule has 7 nitrogen and oxygen atoms in total. The van der Waals surface area contributed by atoms with Gasteiger partial charge in [0.2, 0.25) is 5.76 Å². The van der Waals surface area contributed by atoms with Crippen LogP contribution in [0.25, 0.3) is 5.69 Å². The number of rotatable bonds is 9. The van der Waals surface area contributed by atoms with E-state index in [9.17, 15) is 4.79 Å². The number of ether oxygens (including phenoxy) is 2. The van der Waals surface area contributed by atoms with Gasteiger partial charge in [-0.1, -0.05) is 42.1 Å². The largest absolute Gasteiger partial charge is 0.494 e. The highest BCUT2D eigenvalue weighted by Gasteiger charge is 2.17. The molecule has 2 aromatic carbocycles. The van der Waals surface area contributed by atoms with Gasteiger partial charge in [0.05, 0.1) is 19.5 Å². The van der Waals surface area contributed by atoms with Crippen molar-refractivity contribution in [2.24, 2.45) is 0 Å². The van der Waals surface area contributed by atoms with Gasteiger partial charge in [0, 0.05) is 12.1 Å². The summed E-state index contributed by atoms with van der Waals surface area (Å²) in [5.74, 6) is 2.48. The van der Waals surface area contributed by atoms with Crippen LogP contribution in [0.2, 0.25) is 0 Å². The van der Waals surface area contributed by atoms with E-state index in [-0.39, 0.29) is 5.76 Å².